The molecule has 0 spiro atoms. The van der Waals surface area contributed by atoms with Gasteiger partial charge in [0.05, 0.1) is 0 Å². The summed E-state index contributed by atoms with van der Waals surface area (Å²) >= 11 is 0. The first-order valence-corrected chi connectivity index (χ1v) is 8.88. The van der Waals surface area contributed by atoms with Gasteiger partial charge in [-0.05, 0) is 29.8 Å². The summed E-state index contributed by atoms with van der Waals surface area (Å²) in [5.41, 5.74) is 1.09. The van der Waals surface area contributed by atoms with Crippen molar-refractivity contribution in [1.29, 1.82) is 0 Å². The van der Waals surface area contributed by atoms with Crippen LogP contribution in [0.3, 0.4) is 0 Å². The lowest BCUT2D eigenvalue weighted by molar-refractivity contribution is 0.126. The highest BCUT2D eigenvalue weighted by molar-refractivity contribution is 5.74. The lowest BCUT2D eigenvalue weighted by Crippen LogP contribution is -2.52. The van der Waals surface area contributed by atoms with E-state index in [9.17, 15) is 9.18 Å². The summed E-state index contributed by atoms with van der Waals surface area (Å²) in [6.07, 6.45) is 0. The van der Waals surface area contributed by atoms with Crippen molar-refractivity contribution in [2.24, 2.45) is 0 Å². The molecule has 1 heterocycles. The predicted molar refractivity (Wildman–Crippen MR) is 98.6 cm³/mol. The summed E-state index contributed by atoms with van der Waals surface area (Å²) in [5, 5.41) is 2.97. The largest absolute Gasteiger partial charge is 0.492 e. The van der Waals surface area contributed by atoms with Gasteiger partial charge in [0.15, 0.2) is 0 Å². The van der Waals surface area contributed by atoms with Gasteiger partial charge in [0.2, 0.25) is 0 Å². The molecule has 138 valence electrons. The van der Waals surface area contributed by atoms with Gasteiger partial charge in [-0.25, -0.2) is 9.18 Å². The number of rotatable bonds is 6. The molecule has 0 aliphatic carbocycles. The number of urea groups is 1. The highest BCUT2D eigenvalue weighted by Gasteiger charge is 2.20. The smallest absolute Gasteiger partial charge is 0.317 e. The Kier molecular flexibility index (Phi) is 6.44. The molecule has 0 atom stereocenters. The van der Waals surface area contributed by atoms with Crippen molar-refractivity contribution in [2.45, 2.75) is 6.54 Å². The minimum Gasteiger partial charge on any atom is -0.492 e. The number of nitrogens with one attached hydrogen (secondary N) is 1. The van der Waals surface area contributed by atoms with Crippen LogP contribution in [-0.2, 0) is 6.54 Å². The zero-order chi connectivity index (χ0) is 18.2. The average molecular weight is 357 g/mol. The Bertz CT molecular complexity index is 686. The number of carbonyl (C=O) groups excluding carboxylic acids is 1. The van der Waals surface area contributed by atoms with E-state index in [2.05, 4.69) is 10.2 Å². The lowest BCUT2D eigenvalue weighted by atomic mass is 10.2. The molecule has 0 radical (unpaired) electrons. The Balaban J connectivity index is 1.33. The fourth-order valence-electron chi connectivity index (χ4n) is 2.88. The second-order valence-corrected chi connectivity index (χ2v) is 6.28. The summed E-state index contributed by atoms with van der Waals surface area (Å²) in [6.45, 7) is 4.94. The van der Waals surface area contributed by atoms with Crippen LogP contribution in [-0.4, -0.2) is 55.2 Å². The first-order chi connectivity index (χ1) is 12.7. The van der Waals surface area contributed by atoms with Gasteiger partial charge in [-0.2, -0.15) is 0 Å². The number of amides is 2. The molecule has 1 aliphatic rings. The normalized spacial score (nSPS) is 14.9. The lowest BCUT2D eigenvalue weighted by Gasteiger charge is -2.34. The zero-order valence-electron chi connectivity index (χ0n) is 14.7. The molecule has 2 aromatic rings. The van der Waals surface area contributed by atoms with E-state index >= 15 is 0 Å². The first-order valence-electron chi connectivity index (χ1n) is 8.88. The number of piperazine rings is 1. The van der Waals surface area contributed by atoms with Gasteiger partial charge >= 0.3 is 6.03 Å². The van der Waals surface area contributed by atoms with Crippen LogP contribution in [0.1, 0.15) is 5.56 Å². The third-order valence-electron chi connectivity index (χ3n) is 4.44. The second-order valence-electron chi connectivity index (χ2n) is 6.28. The van der Waals surface area contributed by atoms with Crippen LogP contribution in [0.25, 0.3) is 0 Å². The van der Waals surface area contributed by atoms with E-state index in [1.54, 1.807) is 12.1 Å². The van der Waals surface area contributed by atoms with Crippen LogP contribution < -0.4 is 10.1 Å². The molecule has 26 heavy (non-hydrogen) atoms. The van der Waals surface area contributed by atoms with Crippen LogP contribution in [0.4, 0.5) is 9.18 Å². The fourth-order valence-corrected chi connectivity index (χ4v) is 2.88. The monoisotopic (exact) mass is 357 g/mol. The van der Waals surface area contributed by atoms with E-state index in [1.807, 2.05) is 35.2 Å². The quantitative estimate of drug-likeness (QED) is 0.865. The van der Waals surface area contributed by atoms with Crippen LogP contribution in [0.15, 0.2) is 54.6 Å². The Morgan fingerprint density at radius 1 is 1.00 bits per heavy atom. The second kappa shape index (κ2) is 9.20. The summed E-state index contributed by atoms with van der Waals surface area (Å²) in [7, 11) is 0. The number of halogens is 1. The molecular weight excluding hydrogens is 333 g/mol. The molecule has 1 saturated heterocycles. The van der Waals surface area contributed by atoms with E-state index in [0.717, 1.165) is 25.2 Å². The van der Waals surface area contributed by atoms with E-state index in [0.29, 0.717) is 32.0 Å². The molecule has 2 aromatic carbocycles. The maximum atomic E-state index is 12.9. The Morgan fingerprint density at radius 2 is 1.69 bits per heavy atom. The average Bonchev–Trinajstić information content (AvgIpc) is 2.69. The molecule has 1 fully saturated rings. The fraction of sp³-hybridized carbons (Fsp3) is 0.350. The zero-order valence-corrected chi connectivity index (χ0v) is 14.7. The van der Waals surface area contributed by atoms with Crippen molar-refractivity contribution in [3.05, 3.63) is 66.0 Å². The van der Waals surface area contributed by atoms with E-state index in [4.69, 9.17) is 4.74 Å². The van der Waals surface area contributed by atoms with Crippen molar-refractivity contribution in [3.63, 3.8) is 0 Å². The molecule has 1 aliphatic heterocycles. The maximum absolute atomic E-state index is 12.9. The van der Waals surface area contributed by atoms with Crippen LogP contribution >= 0.6 is 0 Å². The number of hydrogen-bond acceptors (Lipinski definition) is 3. The van der Waals surface area contributed by atoms with Crippen molar-refractivity contribution < 1.29 is 13.9 Å². The van der Waals surface area contributed by atoms with Crippen molar-refractivity contribution in [1.82, 2.24) is 15.1 Å². The van der Waals surface area contributed by atoms with Gasteiger partial charge in [0.25, 0.3) is 0 Å². The Labute approximate surface area is 153 Å². The molecule has 2 amide bonds. The third kappa shape index (κ3) is 5.46. The summed E-state index contributed by atoms with van der Waals surface area (Å²) in [5.74, 6) is 0.407. The molecule has 0 saturated carbocycles. The summed E-state index contributed by atoms with van der Waals surface area (Å²) < 4.78 is 18.5. The van der Waals surface area contributed by atoms with Gasteiger partial charge in [-0.1, -0.05) is 30.3 Å². The van der Waals surface area contributed by atoms with Crippen molar-refractivity contribution >= 4 is 6.03 Å². The molecule has 3 rings (SSSR count). The number of carbonyl (C=O) groups is 1. The number of benzene rings is 2. The SMILES string of the molecule is O=C(NCc1ccccc1)N1CCN(CCOc2ccc(F)cc2)CC1. The van der Waals surface area contributed by atoms with Gasteiger partial charge in [0.1, 0.15) is 18.2 Å². The molecule has 0 unspecified atom stereocenters. The van der Waals surface area contributed by atoms with E-state index < -0.39 is 0 Å². The highest BCUT2D eigenvalue weighted by Crippen LogP contribution is 2.11. The van der Waals surface area contributed by atoms with Crippen LogP contribution in [0.5, 0.6) is 5.75 Å². The highest BCUT2D eigenvalue weighted by atomic mass is 19.1. The van der Waals surface area contributed by atoms with Gasteiger partial charge < -0.3 is 15.0 Å². The van der Waals surface area contributed by atoms with E-state index in [-0.39, 0.29) is 11.8 Å². The predicted octanol–water partition coefficient (Wildman–Crippen LogP) is 2.73. The Morgan fingerprint density at radius 3 is 2.38 bits per heavy atom. The Hall–Kier alpha value is -2.60. The van der Waals surface area contributed by atoms with Crippen molar-refractivity contribution in [3.8, 4) is 5.75 Å². The minimum absolute atomic E-state index is 0.0175. The standard InChI is InChI=1S/C20H24FN3O2/c21-18-6-8-19(9-7-18)26-15-14-23-10-12-24(13-11-23)20(25)22-16-17-4-2-1-3-5-17/h1-9H,10-16H2,(H,22,25). The summed E-state index contributed by atoms with van der Waals surface area (Å²) in [6, 6.07) is 15.9. The molecule has 5 nitrogen and oxygen atoms in total. The molecule has 0 bridgehead atoms. The van der Waals surface area contributed by atoms with Gasteiger partial charge in [-0.15, -0.1) is 0 Å². The van der Waals surface area contributed by atoms with E-state index in [1.165, 1.54) is 12.1 Å². The molecular formula is C20H24FN3O2. The molecule has 1 N–H and O–H groups in total. The number of hydrogen-bond donors (Lipinski definition) is 1. The molecule has 6 heteroatoms. The first kappa shape index (κ1) is 18.2. The third-order valence-corrected chi connectivity index (χ3v) is 4.44. The topological polar surface area (TPSA) is 44.8 Å². The number of ether oxygens (including phenoxy) is 1. The van der Waals surface area contributed by atoms with Crippen LogP contribution in [0, 0.1) is 5.82 Å². The van der Waals surface area contributed by atoms with Gasteiger partial charge in [-0.3, -0.25) is 4.90 Å². The minimum atomic E-state index is -0.265. The van der Waals surface area contributed by atoms with Crippen molar-refractivity contribution in [2.75, 3.05) is 39.3 Å². The maximum Gasteiger partial charge on any atom is 0.317 e. The number of nitrogens with zero attached hydrogens (tertiary/aromatic N) is 2. The summed E-state index contributed by atoms with van der Waals surface area (Å²) in [4.78, 5) is 16.4. The van der Waals surface area contributed by atoms with Gasteiger partial charge in [0, 0.05) is 39.3 Å². The molecule has 0 aromatic heterocycles. The van der Waals surface area contributed by atoms with Crippen LogP contribution in [0.2, 0.25) is 0 Å².